The van der Waals surface area contributed by atoms with E-state index in [0.29, 0.717) is 11.0 Å². The van der Waals surface area contributed by atoms with E-state index in [2.05, 4.69) is 15.9 Å². The van der Waals surface area contributed by atoms with Gasteiger partial charge in [-0.25, -0.2) is 4.79 Å². The van der Waals surface area contributed by atoms with Crippen molar-refractivity contribution in [1.82, 2.24) is 0 Å². The third-order valence-corrected chi connectivity index (χ3v) is 6.45. The molecule has 0 atom stereocenters. The maximum atomic E-state index is 11.5. The predicted molar refractivity (Wildman–Crippen MR) is 86.5 cm³/mol. The van der Waals surface area contributed by atoms with E-state index < -0.39 is 5.97 Å². The molecule has 0 bridgehead atoms. The summed E-state index contributed by atoms with van der Waals surface area (Å²) in [4.78, 5) is 11.5. The minimum absolute atomic E-state index is 0.489. The lowest BCUT2D eigenvalue weighted by Gasteiger charge is -2.35. The van der Waals surface area contributed by atoms with Crippen molar-refractivity contribution in [3.05, 3.63) is 38.9 Å². The molecule has 0 aromatic heterocycles. The van der Waals surface area contributed by atoms with Gasteiger partial charge in [0.05, 0.1) is 5.56 Å². The molecular weight excluding hydrogens is 328 g/mol. The molecule has 1 N–H and O–H groups in total. The maximum Gasteiger partial charge on any atom is 0.335 e. The van der Waals surface area contributed by atoms with Crippen molar-refractivity contribution in [3.8, 4) is 0 Å². The molecule has 0 radical (unpaired) electrons. The summed E-state index contributed by atoms with van der Waals surface area (Å²) >= 11 is 3.66. The van der Waals surface area contributed by atoms with Crippen LogP contribution in [0.2, 0.25) is 0 Å². The number of hydrogen-bond donors (Lipinski definition) is 1. The van der Waals surface area contributed by atoms with E-state index in [0.717, 1.165) is 29.3 Å². The van der Waals surface area contributed by atoms with Gasteiger partial charge in [0.2, 0.25) is 0 Å². The zero-order valence-electron chi connectivity index (χ0n) is 12.0. The molecule has 1 aromatic carbocycles. The van der Waals surface area contributed by atoms with Gasteiger partial charge < -0.3 is 5.11 Å². The molecule has 0 aliphatic heterocycles. The summed E-state index contributed by atoms with van der Waals surface area (Å²) in [5, 5.41) is 9.44. The number of allylic oxidation sites excluding steroid dienone is 2. The van der Waals surface area contributed by atoms with Crippen LogP contribution in [0, 0.1) is 5.41 Å². The third kappa shape index (κ3) is 2.01. The summed E-state index contributed by atoms with van der Waals surface area (Å²) in [6, 6.07) is 3.66. The molecule has 0 heterocycles. The van der Waals surface area contributed by atoms with Crippen molar-refractivity contribution in [2.75, 3.05) is 0 Å². The lowest BCUT2D eigenvalue weighted by molar-refractivity contribution is 0.0696. The Hall–Kier alpha value is -1.09. The van der Waals surface area contributed by atoms with Gasteiger partial charge in [0.15, 0.2) is 0 Å². The Labute approximate surface area is 133 Å². The largest absolute Gasteiger partial charge is 0.478 e. The second-order valence-electron chi connectivity index (χ2n) is 6.90. The summed E-state index contributed by atoms with van der Waals surface area (Å²) in [5.41, 5.74) is 6.21. The van der Waals surface area contributed by atoms with Gasteiger partial charge in [-0.15, -0.1) is 0 Å². The molecule has 1 spiro atoms. The molecule has 3 aliphatic carbocycles. The molecule has 21 heavy (non-hydrogen) atoms. The molecule has 4 rings (SSSR count). The number of halogens is 1. The van der Waals surface area contributed by atoms with Gasteiger partial charge in [0.1, 0.15) is 0 Å². The smallest absolute Gasteiger partial charge is 0.335 e. The molecule has 0 saturated heterocycles. The van der Waals surface area contributed by atoms with Crippen LogP contribution in [-0.2, 0) is 6.42 Å². The Morgan fingerprint density at radius 1 is 1.19 bits per heavy atom. The van der Waals surface area contributed by atoms with Crippen molar-refractivity contribution in [2.45, 2.75) is 51.4 Å². The molecule has 3 aliphatic rings. The van der Waals surface area contributed by atoms with E-state index in [-0.39, 0.29) is 0 Å². The van der Waals surface area contributed by atoms with Gasteiger partial charge in [0, 0.05) is 4.47 Å². The standard InChI is InChI=1S/C18H19BrO2/c19-15-4-3-12(17(20)21)13-9-11-5-8-18(6-1-2-7-18)10-14(11)16(13)15/h3-4H,1-2,5-10H2,(H,20,21). The normalized spacial score (nSPS) is 22.5. The van der Waals surface area contributed by atoms with Crippen LogP contribution in [0.3, 0.4) is 0 Å². The number of hydrogen-bond acceptors (Lipinski definition) is 1. The highest BCUT2D eigenvalue weighted by Crippen LogP contribution is 2.56. The first kappa shape index (κ1) is 13.6. The highest BCUT2D eigenvalue weighted by molar-refractivity contribution is 9.10. The molecule has 3 heteroatoms. The van der Waals surface area contributed by atoms with E-state index in [1.54, 1.807) is 6.07 Å². The Morgan fingerprint density at radius 2 is 1.95 bits per heavy atom. The molecule has 2 nitrogen and oxygen atoms in total. The number of carbonyl (C=O) groups is 1. The Balaban J connectivity index is 1.80. The molecule has 0 unspecified atom stereocenters. The van der Waals surface area contributed by atoms with Crippen LogP contribution in [0.15, 0.2) is 22.2 Å². The van der Waals surface area contributed by atoms with Gasteiger partial charge in [-0.3, -0.25) is 0 Å². The molecule has 1 saturated carbocycles. The van der Waals surface area contributed by atoms with E-state index >= 15 is 0 Å². The first-order valence-corrected chi connectivity index (χ1v) is 8.65. The zero-order chi connectivity index (χ0) is 14.6. The van der Waals surface area contributed by atoms with Crippen LogP contribution >= 0.6 is 15.9 Å². The summed E-state index contributed by atoms with van der Waals surface area (Å²) < 4.78 is 1.07. The molecule has 0 amide bonds. The predicted octanol–water partition coefficient (Wildman–Crippen LogP) is 5.20. The van der Waals surface area contributed by atoms with Crippen molar-refractivity contribution in [2.24, 2.45) is 5.41 Å². The number of aromatic carboxylic acids is 1. The monoisotopic (exact) mass is 346 g/mol. The average Bonchev–Trinajstić information content (AvgIpc) is 3.04. The van der Waals surface area contributed by atoms with Gasteiger partial charge in [-0.1, -0.05) is 34.3 Å². The van der Waals surface area contributed by atoms with Crippen LogP contribution in [0.4, 0.5) is 0 Å². The molecular formula is C18H19BrO2. The fourth-order valence-electron chi connectivity index (χ4n) is 4.71. The molecule has 1 aromatic rings. The SMILES string of the molecule is O=C(O)c1ccc(Br)c2c1CC1=C2CC2(CCCC2)CC1. The van der Waals surface area contributed by atoms with Crippen molar-refractivity contribution < 1.29 is 9.90 Å². The Kier molecular flexibility index (Phi) is 3.04. The fourth-order valence-corrected chi connectivity index (χ4v) is 5.32. The summed E-state index contributed by atoms with van der Waals surface area (Å²) in [5.74, 6) is -0.797. The lowest BCUT2D eigenvalue weighted by atomic mass is 9.70. The van der Waals surface area contributed by atoms with E-state index in [9.17, 15) is 9.90 Å². The van der Waals surface area contributed by atoms with Crippen LogP contribution in [0.1, 0.15) is 66.4 Å². The summed E-state index contributed by atoms with van der Waals surface area (Å²) in [6.45, 7) is 0. The van der Waals surface area contributed by atoms with Crippen molar-refractivity contribution in [1.29, 1.82) is 0 Å². The van der Waals surface area contributed by atoms with Crippen molar-refractivity contribution >= 4 is 27.5 Å². The van der Waals surface area contributed by atoms with Crippen LogP contribution in [0.5, 0.6) is 0 Å². The van der Waals surface area contributed by atoms with Gasteiger partial charge in [-0.05, 0) is 72.8 Å². The highest BCUT2D eigenvalue weighted by atomic mass is 79.9. The van der Waals surface area contributed by atoms with Gasteiger partial charge in [0.25, 0.3) is 0 Å². The quantitative estimate of drug-likeness (QED) is 0.758. The Bertz CT molecular complexity index is 666. The Morgan fingerprint density at radius 3 is 2.67 bits per heavy atom. The summed E-state index contributed by atoms with van der Waals surface area (Å²) in [6.07, 6.45) is 9.93. The first-order chi connectivity index (χ1) is 10.1. The minimum atomic E-state index is -0.797. The van der Waals surface area contributed by atoms with Crippen molar-refractivity contribution in [3.63, 3.8) is 0 Å². The number of carboxylic acids is 1. The third-order valence-electron chi connectivity index (χ3n) is 5.78. The average molecular weight is 347 g/mol. The molecule has 110 valence electrons. The number of rotatable bonds is 1. The van der Waals surface area contributed by atoms with Gasteiger partial charge >= 0.3 is 5.97 Å². The van der Waals surface area contributed by atoms with Gasteiger partial charge in [-0.2, -0.15) is 0 Å². The summed E-state index contributed by atoms with van der Waals surface area (Å²) in [7, 11) is 0. The minimum Gasteiger partial charge on any atom is -0.478 e. The zero-order valence-corrected chi connectivity index (χ0v) is 13.6. The highest BCUT2D eigenvalue weighted by Gasteiger charge is 2.41. The number of benzene rings is 1. The van der Waals surface area contributed by atoms with Crippen LogP contribution < -0.4 is 0 Å². The maximum absolute atomic E-state index is 11.5. The van der Waals surface area contributed by atoms with Crippen LogP contribution in [0.25, 0.3) is 5.57 Å². The second kappa shape index (κ2) is 4.70. The first-order valence-electron chi connectivity index (χ1n) is 7.86. The topological polar surface area (TPSA) is 37.3 Å². The van der Waals surface area contributed by atoms with Crippen LogP contribution in [-0.4, -0.2) is 11.1 Å². The lowest BCUT2D eigenvalue weighted by Crippen LogP contribution is -2.20. The van der Waals surface area contributed by atoms with E-state index in [1.165, 1.54) is 48.8 Å². The number of carboxylic acid groups (broad SMARTS) is 1. The second-order valence-corrected chi connectivity index (χ2v) is 7.75. The fraction of sp³-hybridized carbons (Fsp3) is 0.500. The van der Waals surface area contributed by atoms with E-state index in [1.807, 2.05) is 6.07 Å². The van der Waals surface area contributed by atoms with E-state index in [4.69, 9.17) is 0 Å². The number of fused-ring (bicyclic) bond motifs is 2. The molecule has 1 fully saturated rings.